The molecule has 0 bridgehead atoms. The van der Waals surface area contributed by atoms with E-state index >= 15 is 0 Å². The van der Waals surface area contributed by atoms with Gasteiger partial charge in [0.1, 0.15) is 12.4 Å². The predicted molar refractivity (Wildman–Crippen MR) is 143 cm³/mol. The van der Waals surface area contributed by atoms with E-state index in [1.165, 1.54) is 13.3 Å². The average molecular weight is 595 g/mol. The number of hydrogen-bond acceptors (Lipinski definition) is 6. The molecule has 188 valence electrons. The van der Waals surface area contributed by atoms with E-state index in [9.17, 15) is 9.59 Å². The number of hydrogen-bond donors (Lipinski definition) is 2. The first-order valence-corrected chi connectivity index (χ1v) is 12.2. The molecule has 0 fully saturated rings. The summed E-state index contributed by atoms with van der Waals surface area (Å²) in [7, 11) is 1.53. The molecule has 0 spiro atoms. The van der Waals surface area contributed by atoms with E-state index in [2.05, 4.69) is 31.8 Å². The number of benzene rings is 3. The SMILES string of the molecule is CCOc1cc(/C=N/NC(=O)C(=O)Nc2ccc(OC)cc2)cc(Br)c1OCc1c(Cl)cccc1Cl. The van der Waals surface area contributed by atoms with Gasteiger partial charge in [0.15, 0.2) is 11.5 Å². The maximum atomic E-state index is 12.1. The minimum absolute atomic E-state index is 0.129. The molecule has 0 saturated carbocycles. The Kier molecular flexibility index (Phi) is 9.98. The van der Waals surface area contributed by atoms with Gasteiger partial charge in [-0.3, -0.25) is 9.59 Å². The van der Waals surface area contributed by atoms with Gasteiger partial charge >= 0.3 is 11.8 Å². The molecule has 3 rings (SSSR count). The number of amides is 2. The molecule has 2 N–H and O–H groups in total. The summed E-state index contributed by atoms with van der Waals surface area (Å²) in [6.45, 7) is 2.35. The number of rotatable bonds is 9. The van der Waals surface area contributed by atoms with E-state index in [0.29, 0.717) is 55.2 Å². The largest absolute Gasteiger partial charge is 0.497 e. The topological polar surface area (TPSA) is 98.2 Å². The van der Waals surface area contributed by atoms with Gasteiger partial charge in [-0.25, -0.2) is 5.43 Å². The second kappa shape index (κ2) is 13.2. The van der Waals surface area contributed by atoms with Gasteiger partial charge in [-0.2, -0.15) is 5.10 Å². The molecule has 0 saturated heterocycles. The molecule has 3 aromatic carbocycles. The van der Waals surface area contributed by atoms with Crippen molar-refractivity contribution in [3.63, 3.8) is 0 Å². The molecular weight excluding hydrogens is 573 g/mol. The van der Waals surface area contributed by atoms with Crippen molar-refractivity contribution in [2.75, 3.05) is 19.0 Å². The molecule has 0 radical (unpaired) electrons. The van der Waals surface area contributed by atoms with E-state index in [0.717, 1.165) is 0 Å². The number of halogens is 3. The van der Waals surface area contributed by atoms with Crippen molar-refractivity contribution in [1.29, 1.82) is 0 Å². The zero-order chi connectivity index (χ0) is 26.1. The van der Waals surface area contributed by atoms with E-state index in [4.69, 9.17) is 37.4 Å². The van der Waals surface area contributed by atoms with Gasteiger partial charge in [0, 0.05) is 21.3 Å². The molecule has 0 atom stereocenters. The van der Waals surface area contributed by atoms with Gasteiger partial charge in [0.25, 0.3) is 0 Å². The standard InChI is InChI=1S/C25H22BrCl2N3O5/c1-3-35-22-12-15(11-19(26)23(22)36-14-18-20(27)5-4-6-21(18)28)13-29-31-25(33)24(32)30-16-7-9-17(34-2)10-8-16/h4-13H,3,14H2,1-2H3,(H,30,32)(H,31,33)/b29-13+. The van der Waals surface area contributed by atoms with E-state index < -0.39 is 11.8 Å². The summed E-state index contributed by atoms with van der Waals surface area (Å²) >= 11 is 15.9. The van der Waals surface area contributed by atoms with Gasteiger partial charge in [-0.1, -0.05) is 29.3 Å². The fraction of sp³-hybridized carbons (Fsp3) is 0.160. The minimum Gasteiger partial charge on any atom is -0.497 e. The number of anilines is 1. The van der Waals surface area contributed by atoms with E-state index in [1.54, 1.807) is 54.6 Å². The quantitative estimate of drug-likeness (QED) is 0.184. The lowest BCUT2D eigenvalue weighted by Gasteiger charge is -2.15. The lowest BCUT2D eigenvalue weighted by Crippen LogP contribution is -2.32. The Morgan fingerprint density at radius 2 is 1.72 bits per heavy atom. The van der Waals surface area contributed by atoms with Gasteiger partial charge in [-0.05, 0) is 76.9 Å². The van der Waals surface area contributed by atoms with Crippen LogP contribution in [0.2, 0.25) is 10.0 Å². The second-order valence-electron chi connectivity index (χ2n) is 7.13. The van der Waals surface area contributed by atoms with Crippen LogP contribution in [0.4, 0.5) is 5.69 Å². The number of hydrazone groups is 1. The van der Waals surface area contributed by atoms with Crippen LogP contribution in [0.15, 0.2) is 64.2 Å². The Morgan fingerprint density at radius 1 is 1.03 bits per heavy atom. The summed E-state index contributed by atoms with van der Waals surface area (Å²) in [5, 5.41) is 7.32. The number of ether oxygens (including phenoxy) is 3. The molecule has 2 amide bonds. The Bertz CT molecular complexity index is 1250. The van der Waals surface area contributed by atoms with Crippen LogP contribution in [0.25, 0.3) is 0 Å². The maximum Gasteiger partial charge on any atom is 0.329 e. The highest BCUT2D eigenvalue weighted by atomic mass is 79.9. The van der Waals surface area contributed by atoms with Crippen molar-refractivity contribution in [3.05, 3.63) is 80.2 Å². The smallest absolute Gasteiger partial charge is 0.329 e. The summed E-state index contributed by atoms with van der Waals surface area (Å²) in [4.78, 5) is 24.2. The molecule has 3 aromatic rings. The van der Waals surface area contributed by atoms with E-state index in [-0.39, 0.29) is 6.61 Å². The van der Waals surface area contributed by atoms with Crippen molar-refractivity contribution in [2.24, 2.45) is 5.10 Å². The molecule has 8 nitrogen and oxygen atoms in total. The van der Waals surface area contributed by atoms with Crippen molar-refractivity contribution in [3.8, 4) is 17.2 Å². The zero-order valence-electron chi connectivity index (χ0n) is 19.3. The maximum absolute atomic E-state index is 12.1. The highest BCUT2D eigenvalue weighted by molar-refractivity contribution is 9.10. The lowest BCUT2D eigenvalue weighted by molar-refractivity contribution is -0.136. The lowest BCUT2D eigenvalue weighted by atomic mass is 10.2. The summed E-state index contributed by atoms with van der Waals surface area (Å²) in [6, 6.07) is 15.2. The number of nitrogens with zero attached hydrogens (tertiary/aromatic N) is 1. The van der Waals surface area contributed by atoms with Crippen molar-refractivity contribution in [1.82, 2.24) is 5.43 Å². The molecule has 11 heteroatoms. The second-order valence-corrected chi connectivity index (χ2v) is 8.80. The molecule has 36 heavy (non-hydrogen) atoms. The highest BCUT2D eigenvalue weighted by Gasteiger charge is 2.15. The third-order valence-corrected chi connectivity index (χ3v) is 5.99. The average Bonchev–Trinajstić information content (AvgIpc) is 2.85. The monoisotopic (exact) mass is 593 g/mol. The molecule has 0 aromatic heterocycles. The van der Waals surface area contributed by atoms with Gasteiger partial charge in [-0.15, -0.1) is 0 Å². The van der Waals surface area contributed by atoms with Crippen LogP contribution in [0.3, 0.4) is 0 Å². The van der Waals surface area contributed by atoms with Crippen LogP contribution in [0, 0.1) is 0 Å². The van der Waals surface area contributed by atoms with Crippen LogP contribution in [-0.4, -0.2) is 31.7 Å². The number of carbonyl (C=O) groups is 2. The van der Waals surface area contributed by atoms with Gasteiger partial charge in [0.2, 0.25) is 0 Å². The molecule has 0 heterocycles. The fourth-order valence-electron chi connectivity index (χ4n) is 2.96. The Labute approximate surface area is 226 Å². The van der Waals surface area contributed by atoms with E-state index in [1.807, 2.05) is 6.92 Å². The molecule has 0 aliphatic carbocycles. The highest BCUT2D eigenvalue weighted by Crippen LogP contribution is 2.38. The van der Waals surface area contributed by atoms with Crippen LogP contribution in [0.5, 0.6) is 17.2 Å². The summed E-state index contributed by atoms with van der Waals surface area (Å²) < 4.78 is 17.3. The number of nitrogens with one attached hydrogen (secondary N) is 2. The number of carbonyl (C=O) groups excluding carboxylic acids is 2. The zero-order valence-corrected chi connectivity index (χ0v) is 22.4. The Morgan fingerprint density at radius 3 is 2.36 bits per heavy atom. The normalized spacial score (nSPS) is 10.7. The summed E-state index contributed by atoms with van der Waals surface area (Å²) in [6.07, 6.45) is 1.38. The first-order chi connectivity index (χ1) is 17.3. The van der Waals surface area contributed by atoms with Crippen molar-refractivity contribution >= 4 is 62.8 Å². The Balaban J connectivity index is 1.66. The molecule has 0 aliphatic rings. The van der Waals surface area contributed by atoms with Crippen molar-refractivity contribution < 1.29 is 23.8 Å². The molecule has 0 aliphatic heterocycles. The van der Waals surface area contributed by atoms with Crippen LogP contribution >= 0.6 is 39.1 Å². The third-order valence-electron chi connectivity index (χ3n) is 4.69. The van der Waals surface area contributed by atoms with Gasteiger partial charge in [0.05, 0.1) is 24.4 Å². The van der Waals surface area contributed by atoms with Crippen molar-refractivity contribution in [2.45, 2.75) is 13.5 Å². The fourth-order valence-corrected chi connectivity index (χ4v) is 4.04. The predicted octanol–water partition coefficient (Wildman–Crippen LogP) is 5.83. The first-order valence-electron chi connectivity index (χ1n) is 10.6. The third kappa shape index (κ3) is 7.36. The minimum atomic E-state index is -0.928. The summed E-state index contributed by atoms with van der Waals surface area (Å²) in [5.74, 6) is -0.269. The first kappa shape index (κ1) is 27.3. The summed E-state index contributed by atoms with van der Waals surface area (Å²) in [5.41, 5.74) is 3.88. The molecular formula is C25H22BrCl2N3O5. The van der Waals surface area contributed by atoms with Crippen LogP contribution in [-0.2, 0) is 16.2 Å². The molecule has 0 unspecified atom stereocenters. The number of methoxy groups -OCH3 is 1. The van der Waals surface area contributed by atoms with Crippen LogP contribution < -0.4 is 25.0 Å². The van der Waals surface area contributed by atoms with Crippen LogP contribution in [0.1, 0.15) is 18.1 Å². The Hall–Kier alpha value is -3.27. The van der Waals surface area contributed by atoms with Gasteiger partial charge < -0.3 is 19.5 Å².